The lowest BCUT2D eigenvalue weighted by atomic mass is 9.64. The van der Waals surface area contributed by atoms with Gasteiger partial charge in [0.2, 0.25) is 0 Å². The van der Waals surface area contributed by atoms with Crippen molar-refractivity contribution in [1.82, 2.24) is 10.2 Å². The lowest BCUT2D eigenvalue weighted by Crippen LogP contribution is -2.41. The van der Waals surface area contributed by atoms with Crippen molar-refractivity contribution in [2.24, 2.45) is 10.7 Å². The third kappa shape index (κ3) is 4.48. The Labute approximate surface area is 145 Å². The average Bonchev–Trinajstić information content (AvgIpc) is 2.60. The van der Waals surface area contributed by atoms with Crippen LogP contribution in [0.4, 0.5) is 0 Å². The monoisotopic (exact) mass is 330 g/mol. The maximum Gasteiger partial charge on any atom is 0.188 e. The molecule has 0 unspecified atom stereocenters. The molecule has 1 saturated carbocycles. The summed E-state index contributed by atoms with van der Waals surface area (Å²) in [4.78, 5) is 7.07. The number of ether oxygens (including phenoxy) is 1. The van der Waals surface area contributed by atoms with Crippen molar-refractivity contribution in [3.05, 3.63) is 35.9 Å². The molecular weight excluding hydrogens is 300 g/mol. The van der Waals surface area contributed by atoms with E-state index in [-0.39, 0.29) is 5.41 Å². The van der Waals surface area contributed by atoms with E-state index in [1.165, 1.54) is 24.8 Å². The number of nitrogens with one attached hydrogen (secondary N) is 1. The smallest absolute Gasteiger partial charge is 0.188 e. The number of nitrogens with zero attached hydrogens (tertiary/aromatic N) is 2. The topological polar surface area (TPSA) is 62.9 Å². The van der Waals surface area contributed by atoms with Gasteiger partial charge < -0.3 is 15.8 Å². The Bertz CT molecular complexity index is 521. The summed E-state index contributed by atoms with van der Waals surface area (Å²) in [6.07, 6.45) is 4.80. The van der Waals surface area contributed by atoms with Gasteiger partial charge in [0.15, 0.2) is 5.96 Å². The molecule has 3 rings (SSSR count). The first-order chi connectivity index (χ1) is 11.8. The minimum absolute atomic E-state index is 0.210. The Kier molecular flexibility index (Phi) is 6.10. The Morgan fingerprint density at radius 3 is 2.62 bits per heavy atom. The minimum Gasteiger partial charge on any atom is -0.379 e. The van der Waals surface area contributed by atoms with Crippen LogP contribution in [0.1, 0.15) is 31.2 Å². The number of guanidine groups is 1. The van der Waals surface area contributed by atoms with Crippen LogP contribution in [-0.4, -0.2) is 56.8 Å². The van der Waals surface area contributed by atoms with Crippen molar-refractivity contribution in [2.75, 3.05) is 45.9 Å². The van der Waals surface area contributed by atoms with E-state index in [9.17, 15) is 0 Å². The lowest BCUT2D eigenvalue weighted by molar-refractivity contribution is 0.0376. The van der Waals surface area contributed by atoms with Gasteiger partial charge in [-0.2, -0.15) is 0 Å². The van der Waals surface area contributed by atoms with Crippen LogP contribution >= 0.6 is 0 Å². The molecule has 132 valence electrons. The molecule has 5 nitrogen and oxygen atoms in total. The zero-order chi connectivity index (χ0) is 16.7. The molecule has 1 aromatic rings. The maximum atomic E-state index is 6.06. The summed E-state index contributed by atoms with van der Waals surface area (Å²) in [7, 11) is 0. The van der Waals surface area contributed by atoms with Gasteiger partial charge >= 0.3 is 0 Å². The lowest BCUT2D eigenvalue weighted by Gasteiger charge is -2.41. The quantitative estimate of drug-likeness (QED) is 0.454. The van der Waals surface area contributed by atoms with Crippen molar-refractivity contribution in [2.45, 2.75) is 31.1 Å². The van der Waals surface area contributed by atoms with Crippen LogP contribution in [0.25, 0.3) is 0 Å². The molecule has 0 atom stereocenters. The molecule has 1 aliphatic heterocycles. The highest BCUT2D eigenvalue weighted by atomic mass is 16.5. The number of hydrogen-bond donors (Lipinski definition) is 2. The Hall–Kier alpha value is -1.59. The maximum absolute atomic E-state index is 6.06. The highest BCUT2D eigenvalue weighted by Gasteiger charge is 2.38. The Morgan fingerprint density at radius 1 is 1.21 bits per heavy atom. The second-order valence-corrected chi connectivity index (χ2v) is 6.94. The average molecular weight is 330 g/mol. The number of nitrogens with two attached hydrogens (primary N) is 1. The van der Waals surface area contributed by atoms with Crippen LogP contribution in [0.15, 0.2) is 35.3 Å². The van der Waals surface area contributed by atoms with E-state index in [1.807, 2.05) is 0 Å². The van der Waals surface area contributed by atoms with E-state index >= 15 is 0 Å². The van der Waals surface area contributed by atoms with Crippen molar-refractivity contribution >= 4 is 5.96 Å². The number of benzene rings is 1. The molecular formula is C19H30N4O. The second kappa shape index (κ2) is 8.49. The molecule has 2 fully saturated rings. The van der Waals surface area contributed by atoms with Gasteiger partial charge in [-0.1, -0.05) is 36.8 Å². The Morgan fingerprint density at radius 2 is 1.96 bits per heavy atom. The number of rotatable bonds is 7. The van der Waals surface area contributed by atoms with Crippen LogP contribution in [0.2, 0.25) is 0 Å². The van der Waals surface area contributed by atoms with Gasteiger partial charge in [-0.25, -0.2) is 0 Å². The largest absolute Gasteiger partial charge is 0.379 e. The molecule has 0 bridgehead atoms. The molecule has 3 N–H and O–H groups in total. The fourth-order valence-electron chi connectivity index (χ4n) is 3.57. The van der Waals surface area contributed by atoms with Crippen molar-refractivity contribution < 1.29 is 4.74 Å². The summed E-state index contributed by atoms with van der Waals surface area (Å²) in [5.41, 5.74) is 7.67. The molecule has 24 heavy (non-hydrogen) atoms. The van der Waals surface area contributed by atoms with Gasteiger partial charge in [0.1, 0.15) is 0 Å². The first kappa shape index (κ1) is 17.2. The van der Waals surface area contributed by atoms with E-state index in [0.717, 1.165) is 52.4 Å². The van der Waals surface area contributed by atoms with Gasteiger partial charge in [0.25, 0.3) is 0 Å². The second-order valence-electron chi connectivity index (χ2n) is 6.94. The first-order valence-electron chi connectivity index (χ1n) is 9.18. The predicted molar refractivity (Wildman–Crippen MR) is 98.3 cm³/mol. The van der Waals surface area contributed by atoms with Crippen molar-refractivity contribution in [1.29, 1.82) is 0 Å². The summed E-state index contributed by atoms with van der Waals surface area (Å²) in [5.74, 6) is 0.583. The molecule has 0 radical (unpaired) electrons. The van der Waals surface area contributed by atoms with E-state index in [2.05, 4.69) is 45.5 Å². The van der Waals surface area contributed by atoms with E-state index < -0.39 is 0 Å². The molecule has 2 aliphatic rings. The molecule has 0 aromatic heterocycles. The minimum atomic E-state index is 0.210. The molecule has 1 saturated heterocycles. The van der Waals surface area contributed by atoms with Crippen molar-refractivity contribution in [3.63, 3.8) is 0 Å². The summed E-state index contributed by atoms with van der Waals surface area (Å²) < 4.78 is 5.36. The normalized spacial score (nSPS) is 21.2. The van der Waals surface area contributed by atoms with Gasteiger partial charge in [-0.15, -0.1) is 0 Å². The van der Waals surface area contributed by atoms with E-state index in [4.69, 9.17) is 10.5 Å². The van der Waals surface area contributed by atoms with E-state index in [0.29, 0.717) is 5.96 Å². The number of aliphatic imine (C=N–C) groups is 1. The van der Waals surface area contributed by atoms with Gasteiger partial charge in [-0.3, -0.25) is 9.89 Å². The SMILES string of the molecule is NC(=NCC1(c2ccccc2)CCC1)NCCCN1CCOCC1. The van der Waals surface area contributed by atoms with Gasteiger partial charge in [0, 0.05) is 25.0 Å². The third-order valence-corrected chi connectivity index (χ3v) is 5.31. The summed E-state index contributed by atoms with van der Waals surface area (Å²) in [6, 6.07) is 10.8. The molecule has 5 heteroatoms. The van der Waals surface area contributed by atoms with Crippen molar-refractivity contribution in [3.8, 4) is 0 Å². The van der Waals surface area contributed by atoms with Crippen LogP contribution in [0.5, 0.6) is 0 Å². The summed E-state index contributed by atoms with van der Waals surface area (Å²) >= 11 is 0. The highest BCUT2D eigenvalue weighted by molar-refractivity contribution is 5.77. The third-order valence-electron chi connectivity index (χ3n) is 5.31. The number of hydrogen-bond acceptors (Lipinski definition) is 3. The summed E-state index contributed by atoms with van der Waals surface area (Å²) in [5, 5.41) is 3.26. The Balaban J connectivity index is 1.40. The van der Waals surface area contributed by atoms with E-state index in [1.54, 1.807) is 0 Å². The molecule has 1 aromatic carbocycles. The number of morpholine rings is 1. The van der Waals surface area contributed by atoms with Gasteiger partial charge in [-0.05, 0) is 31.4 Å². The fraction of sp³-hybridized carbons (Fsp3) is 0.632. The predicted octanol–water partition coefficient (Wildman–Crippen LogP) is 1.73. The molecule has 0 spiro atoms. The fourth-order valence-corrected chi connectivity index (χ4v) is 3.57. The highest BCUT2D eigenvalue weighted by Crippen LogP contribution is 2.43. The zero-order valence-electron chi connectivity index (χ0n) is 14.5. The molecule has 1 heterocycles. The van der Waals surface area contributed by atoms with Crippen LogP contribution in [-0.2, 0) is 10.2 Å². The molecule has 1 aliphatic carbocycles. The van der Waals surface area contributed by atoms with Crippen LogP contribution in [0.3, 0.4) is 0 Å². The molecule has 0 amide bonds. The first-order valence-corrected chi connectivity index (χ1v) is 9.18. The van der Waals surface area contributed by atoms with Gasteiger partial charge in [0.05, 0.1) is 19.8 Å². The standard InChI is InChI=1S/C19H30N4O/c20-18(21-10-5-11-23-12-14-24-15-13-23)22-16-19(8-4-9-19)17-6-2-1-3-7-17/h1-3,6-7H,4-5,8-16H2,(H3,20,21,22). The zero-order valence-corrected chi connectivity index (χ0v) is 14.5. The van der Waals surface area contributed by atoms with Crippen LogP contribution in [0, 0.1) is 0 Å². The van der Waals surface area contributed by atoms with Crippen LogP contribution < -0.4 is 11.1 Å². The summed E-state index contributed by atoms with van der Waals surface area (Å²) in [6.45, 7) is 6.57.